The van der Waals surface area contributed by atoms with Crippen LogP contribution < -0.4 is 15.4 Å². The van der Waals surface area contributed by atoms with Gasteiger partial charge in [-0.1, -0.05) is 23.7 Å². The van der Waals surface area contributed by atoms with Gasteiger partial charge in [0.05, 0.1) is 5.69 Å². The molecule has 138 valence electrons. The summed E-state index contributed by atoms with van der Waals surface area (Å²) in [6, 6.07) is 5.58. The van der Waals surface area contributed by atoms with Gasteiger partial charge in [-0.2, -0.15) is 5.10 Å². The maximum absolute atomic E-state index is 12.7. The topological polar surface area (TPSA) is 122 Å². The van der Waals surface area contributed by atoms with Gasteiger partial charge in [-0.05, 0) is 31.5 Å². The number of imide groups is 1. The number of urea groups is 1. The van der Waals surface area contributed by atoms with Crippen molar-refractivity contribution in [3.63, 3.8) is 0 Å². The van der Waals surface area contributed by atoms with Gasteiger partial charge >= 0.3 is 6.03 Å². The predicted octanol–water partition coefficient (Wildman–Crippen LogP) is 1.24. The van der Waals surface area contributed by atoms with E-state index in [9.17, 15) is 18.0 Å². The maximum Gasteiger partial charge on any atom is 0.322 e. The molecule has 1 aromatic heterocycles. The fourth-order valence-corrected chi connectivity index (χ4v) is 4.56. The number of sulfonamides is 1. The number of nitrogens with zero attached hydrogens (tertiary/aromatic N) is 2. The van der Waals surface area contributed by atoms with Gasteiger partial charge in [0.1, 0.15) is 15.6 Å². The molecule has 11 heteroatoms. The van der Waals surface area contributed by atoms with E-state index >= 15 is 0 Å². The summed E-state index contributed by atoms with van der Waals surface area (Å²) in [4.78, 5) is 23.4. The van der Waals surface area contributed by atoms with E-state index < -0.39 is 27.5 Å². The van der Waals surface area contributed by atoms with Gasteiger partial charge in [-0.25, -0.2) is 13.2 Å². The largest absolute Gasteiger partial charge is 0.322 e. The Hall–Kier alpha value is -2.59. The van der Waals surface area contributed by atoms with E-state index in [4.69, 9.17) is 11.6 Å². The number of halogens is 1. The average molecular weight is 398 g/mol. The molecular weight excluding hydrogens is 382 g/mol. The van der Waals surface area contributed by atoms with Gasteiger partial charge in [-0.3, -0.25) is 19.5 Å². The summed E-state index contributed by atoms with van der Waals surface area (Å²) in [5.74, 6) is -0.520. The van der Waals surface area contributed by atoms with Gasteiger partial charge in [0, 0.05) is 12.7 Å². The van der Waals surface area contributed by atoms with Gasteiger partial charge in [0.25, 0.3) is 15.9 Å². The number of hydrogen-bond donors (Lipinski definition) is 3. The summed E-state index contributed by atoms with van der Waals surface area (Å²) in [7, 11) is -2.45. The van der Waals surface area contributed by atoms with Gasteiger partial charge in [0.15, 0.2) is 0 Å². The minimum absolute atomic E-state index is 0.0134. The molecule has 3 amide bonds. The summed E-state index contributed by atoms with van der Waals surface area (Å²) >= 11 is 6.04. The van der Waals surface area contributed by atoms with Crippen molar-refractivity contribution < 1.29 is 18.0 Å². The first-order valence-electron chi connectivity index (χ1n) is 7.50. The Kier molecular flexibility index (Phi) is 4.20. The van der Waals surface area contributed by atoms with Crippen molar-refractivity contribution >= 4 is 39.2 Å². The Morgan fingerprint density at radius 1 is 1.31 bits per heavy atom. The van der Waals surface area contributed by atoms with Crippen LogP contribution in [0.25, 0.3) is 0 Å². The van der Waals surface area contributed by atoms with Crippen LogP contribution in [-0.4, -0.2) is 30.1 Å². The lowest BCUT2D eigenvalue weighted by atomic mass is 9.92. The Morgan fingerprint density at radius 3 is 2.54 bits per heavy atom. The van der Waals surface area contributed by atoms with Crippen LogP contribution in [0.3, 0.4) is 0 Å². The highest BCUT2D eigenvalue weighted by molar-refractivity contribution is 7.92. The van der Waals surface area contributed by atoms with E-state index in [1.807, 2.05) is 0 Å². The molecule has 1 saturated heterocycles. The van der Waals surface area contributed by atoms with E-state index in [-0.39, 0.29) is 21.4 Å². The molecule has 2 aromatic rings. The summed E-state index contributed by atoms with van der Waals surface area (Å²) < 4.78 is 29.1. The molecule has 9 nitrogen and oxygen atoms in total. The van der Waals surface area contributed by atoms with Crippen LogP contribution in [0.15, 0.2) is 29.2 Å². The van der Waals surface area contributed by atoms with Crippen LogP contribution in [0.1, 0.15) is 18.2 Å². The molecule has 26 heavy (non-hydrogen) atoms. The second kappa shape index (κ2) is 5.99. The number of carbonyl (C=O) groups excluding carboxylic acids is 2. The molecule has 2 heterocycles. The van der Waals surface area contributed by atoms with Gasteiger partial charge in [0.2, 0.25) is 0 Å². The predicted molar refractivity (Wildman–Crippen MR) is 94.2 cm³/mol. The van der Waals surface area contributed by atoms with Crippen LogP contribution >= 0.6 is 11.6 Å². The Morgan fingerprint density at radius 2 is 2.00 bits per heavy atom. The number of anilines is 1. The number of nitrogens with one attached hydrogen (secondary N) is 3. The minimum atomic E-state index is -3.99. The summed E-state index contributed by atoms with van der Waals surface area (Å²) in [6.07, 6.45) is 0. The first-order valence-corrected chi connectivity index (χ1v) is 9.37. The highest BCUT2D eigenvalue weighted by Gasteiger charge is 2.43. The molecule has 0 bridgehead atoms. The molecule has 3 N–H and O–H groups in total. The summed E-state index contributed by atoms with van der Waals surface area (Å²) in [5.41, 5.74) is -0.386. The van der Waals surface area contributed by atoms with Crippen molar-refractivity contribution in [3.05, 3.63) is 40.7 Å². The van der Waals surface area contributed by atoms with Crippen molar-refractivity contribution in [2.75, 3.05) is 4.72 Å². The van der Waals surface area contributed by atoms with E-state index in [1.165, 1.54) is 37.7 Å². The number of rotatable bonds is 4. The third kappa shape index (κ3) is 2.90. The lowest BCUT2D eigenvalue weighted by Crippen LogP contribution is -2.40. The standard InChI is InChI=1S/C15H16ClN5O4S/c1-8-11(12(16)21(3)19-8)26(24,25)20-10-6-4-5-9(7-10)15(2)13(22)17-14(23)18-15/h4-7,20H,1-3H3,(H2,17,18,22,23)/t15-/m1/s1. The molecule has 0 unspecified atom stereocenters. The first-order chi connectivity index (χ1) is 12.0. The molecule has 1 aliphatic rings. The highest BCUT2D eigenvalue weighted by atomic mass is 35.5. The second-order valence-electron chi connectivity index (χ2n) is 6.05. The average Bonchev–Trinajstić information content (AvgIpc) is 2.94. The number of benzene rings is 1. The van der Waals surface area contributed by atoms with Crippen molar-refractivity contribution in [3.8, 4) is 0 Å². The molecule has 1 aliphatic heterocycles. The zero-order chi connectivity index (χ0) is 19.3. The summed E-state index contributed by atoms with van der Waals surface area (Å²) in [6.45, 7) is 3.07. The van der Waals surface area contributed by atoms with E-state index in [2.05, 4.69) is 20.5 Å². The maximum atomic E-state index is 12.7. The highest BCUT2D eigenvalue weighted by Crippen LogP contribution is 2.29. The molecule has 1 atom stereocenters. The van der Waals surface area contributed by atoms with Gasteiger partial charge < -0.3 is 5.32 Å². The van der Waals surface area contributed by atoms with Crippen LogP contribution in [0, 0.1) is 6.92 Å². The molecule has 1 aromatic carbocycles. The smallest absolute Gasteiger partial charge is 0.320 e. The minimum Gasteiger partial charge on any atom is -0.320 e. The van der Waals surface area contributed by atoms with Gasteiger partial charge in [-0.15, -0.1) is 0 Å². The monoisotopic (exact) mass is 397 g/mol. The molecule has 0 saturated carbocycles. The quantitative estimate of drug-likeness (QED) is 0.670. The molecule has 0 radical (unpaired) electrons. The zero-order valence-corrected chi connectivity index (χ0v) is 15.7. The lowest BCUT2D eigenvalue weighted by molar-refractivity contribution is -0.123. The Bertz CT molecular complexity index is 1030. The van der Waals surface area contributed by atoms with Crippen molar-refractivity contribution in [2.45, 2.75) is 24.3 Å². The van der Waals surface area contributed by atoms with Crippen LogP contribution in [-0.2, 0) is 27.4 Å². The van der Waals surface area contributed by atoms with Crippen molar-refractivity contribution in [1.82, 2.24) is 20.4 Å². The first kappa shape index (κ1) is 18.2. The number of amides is 3. The van der Waals surface area contributed by atoms with E-state index in [0.717, 1.165) is 0 Å². The van der Waals surface area contributed by atoms with E-state index in [1.54, 1.807) is 12.1 Å². The zero-order valence-electron chi connectivity index (χ0n) is 14.1. The molecule has 1 fully saturated rings. The molecule has 0 aliphatic carbocycles. The van der Waals surface area contributed by atoms with Crippen LogP contribution in [0.4, 0.5) is 10.5 Å². The normalized spacial score (nSPS) is 20.0. The second-order valence-corrected chi connectivity index (χ2v) is 8.03. The van der Waals surface area contributed by atoms with Crippen LogP contribution in [0.5, 0.6) is 0 Å². The van der Waals surface area contributed by atoms with Crippen LogP contribution in [0.2, 0.25) is 5.15 Å². The number of hydrogen-bond acceptors (Lipinski definition) is 5. The number of carbonyl (C=O) groups is 2. The van der Waals surface area contributed by atoms with Crippen molar-refractivity contribution in [2.24, 2.45) is 7.05 Å². The molecule has 3 rings (SSSR count). The van der Waals surface area contributed by atoms with E-state index in [0.29, 0.717) is 5.56 Å². The third-order valence-corrected chi connectivity index (χ3v) is 6.18. The Labute approximate surface area is 154 Å². The number of aromatic nitrogens is 2. The number of aryl methyl sites for hydroxylation is 2. The fraction of sp³-hybridized carbons (Fsp3) is 0.267. The van der Waals surface area contributed by atoms with Crippen molar-refractivity contribution in [1.29, 1.82) is 0 Å². The lowest BCUT2D eigenvalue weighted by Gasteiger charge is -2.21. The molecular formula is C15H16ClN5O4S. The summed E-state index contributed by atoms with van der Waals surface area (Å²) in [5, 5.41) is 8.67. The fourth-order valence-electron chi connectivity index (χ4n) is 2.76. The SMILES string of the molecule is Cc1nn(C)c(Cl)c1S(=O)(=O)Nc1cccc([C@@]2(C)NC(=O)NC2=O)c1. The Balaban J connectivity index is 1.97. The molecule has 0 spiro atoms. The third-order valence-electron chi connectivity index (χ3n) is 4.11.